The van der Waals surface area contributed by atoms with E-state index in [0.29, 0.717) is 6.54 Å². The predicted octanol–water partition coefficient (Wildman–Crippen LogP) is 3.70. The maximum absolute atomic E-state index is 13.4. The molecule has 1 heterocycles. The molecule has 0 radical (unpaired) electrons. The van der Waals surface area contributed by atoms with Gasteiger partial charge in [0.1, 0.15) is 5.01 Å². The number of halogens is 1. The molecule has 1 atom stereocenters. The molecule has 0 spiro atoms. The summed E-state index contributed by atoms with van der Waals surface area (Å²) < 4.78 is 18.4. The van der Waals surface area contributed by atoms with E-state index in [0.717, 1.165) is 17.0 Å². The van der Waals surface area contributed by atoms with E-state index in [1.165, 1.54) is 18.1 Å². The lowest BCUT2D eigenvalue weighted by Gasteiger charge is -2.14. The van der Waals surface area contributed by atoms with Gasteiger partial charge in [-0.05, 0) is 31.0 Å². The number of benzene rings is 1. The van der Waals surface area contributed by atoms with E-state index < -0.39 is 0 Å². The Morgan fingerprint density at radius 1 is 1.45 bits per heavy atom. The van der Waals surface area contributed by atoms with Crippen LogP contribution in [0, 0.1) is 5.82 Å². The van der Waals surface area contributed by atoms with E-state index in [1.807, 2.05) is 13.1 Å². The molecule has 0 saturated heterocycles. The summed E-state index contributed by atoms with van der Waals surface area (Å²) in [5.74, 6) is -0.0605. The zero-order valence-corrected chi connectivity index (χ0v) is 12.8. The first kappa shape index (κ1) is 14.9. The number of rotatable bonds is 6. The van der Waals surface area contributed by atoms with Gasteiger partial charge in [0, 0.05) is 23.7 Å². The molecule has 0 amide bonds. The van der Waals surface area contributed by atoms with Crippen LogP contribution in [0.1, 0.15) is 35.3 Å². The standard InChI is InChI=1S/C15H19FN2OS/c1-4-12-8-18-15(20-12)9-17-10(2)11-5-6-13(16)14(7-11)19-3/h5-8,10,17H,4,9H2,1-3H3. The van der Waals surface area contributed by atoms with E-state index in [4.69, 9.17) is 4.74 Å². The van der Waals surface area contributed by atoms with Crippen LogP contribution in [0.4, 0.5) is 4.39 Å². The summed E-state index contributed by atoms with van der Waals surface area (Å²) in [4.78, 5) is 5.66. The Balaban J connectivity index is 1.99. The molecule has 0 aliphatic carbocycles. The third kappa shape index (κ3) is 3.55. The molecule has 0 fully saturated rings. The fourth-order valence-corrected chi connectivity index (χ4v) is 2.71. The van der Waals surface area contributed by atoms with E-state index in [1.54, 1.807) is 23.5 Å². The van der Waals surface area contributed by atoms with Crippen LogP contribution in [0.25, 0.3) is 0 Å². The quantitative estimate of drug-likeness (QED) is 0.882. The molecular formula is C15H19FN2OS. The average molecular weight is 294 g/mol. The molecule has 0 aliphatic heterocycles. The van der Waals surface area contributed by atoms with Gasteiger partial charge in [0.05, 0.1) is 7.11 Å². The second-order valence-corrected chi connectivity index (χ2v) is 5.77. The second kappa shape index (κ2) is 6.81. The van der Waals surface area contributed by atoms with Gasteiger partial charge in [0.15, 0.2) is 11.6 Å². The number of ether oxygens (including phenoxy) is 1. The molecule has 1 unspecified atom stereocenters. The number of aryl methyl sites for hydroxylation is 1. The molecule has 2 aromatic rings. The summed E-state index contributed by atoms with van der Waals surface area (Å²) in [6.45, 7) is 4.88. The molecule has 0 saturated carbocycles. The summed E-state index contributed by atoms with van der Waals surface area (Å²) in [5, 5.41) is 4.47. The highest BCUT2D eigenvalue weighted by atomic mass is 32.1. The first-order chi connectivity index (χ1) is 9.63. The van der Waals surface area contributed by atoms with Crippen LogP contribution in [-0.2, 0) is 13.0 Å². The molecule has 5 heteroatoms. The van der Waals surface area contributed by atoms with Crippen LogP contribution >= 0.6 is 11.3 Å². The van der Waals surface area contributed by atoms with Crippen molar-refractivity contribution < 1.29 is 9.13 Å². The van der Waals surface area contributed by atoms with Gasteiger partial charge in [0.25, 0.3) is 0 Å². The zero-order valence-electron chi connectivity index (χ0n) is 11.9. The second-order valence-electron chi connectivity index (χ2n) is 4.57. The maximum Gasteiger partial charge on any atom is 0.165 e. The lowest BCUT2D eigenvalue weighted by Crippen LogP contribution is -2.18. The molecule has 0 bridgehead atoms. The SMILES string of the molecule is CCc1cnc(CNC(C)c2ccc(F)c(OC)c2)s1. The normalized spacial score (nSPS) is 12.4. The number of aromatic nitrogens is 1. The van der Waals surface area contributed by atoms with Crippen molar-refractivity contribution in [3.63, 3.8) is 0 Å². The zero-order chi connectivity index (χ0) is 14.5. The van der Waals surface area contributed by atoms with Crippen LogP contribution < -0.4 is 10.1 Å². The van der Waals surface area contributed by atoms with Gasteiger partial charge >= 0.3 is 0 Å². The van der Waals surface area contributed by atoms with Crippen molar-refractivity contribution in [3.05, 3.63) is 45.7 Å². The Morgan fingerprint density at radius 2 is 2.25 bits per heavy atom. The predicted molar refractivity (Wildman–Crippen MR) is 79.7 cm³/mol. The fraction of sp³-hybridized carbons (Fsp3) is 0.400. The van der Waals surface area contributed by atoms with Gasteiger partial charge in [-0.3, -0.25) is 0 Å². The maximum atomic E-state index is 13.4. The molecular weight excluding hydrogens is 275 g/mol. The largest absolute Gasteiger partial charge is 0.494 e. The topological polar surface area (TPSA) is 34.2 Å². The first-order valence-electron chi connectivity index (χ1n) is 6.64. The monoisotopic (exact) mass is 294 g/mol. The number of methoxy groups -OCH3 is 1. The van der Waals surface area contributed by atoms with E-state index in [-0.39, 0.29) is 17.6 Å². The number of thiazole rings is 1. The molecule has 3 nitrogen and oxygen atoms in total. The molecule has 2 rings (SSSR count). The van der Waals surface area contributed by atoms with Gasteiger partial charge in [-0.15, -0.1) is 11.3 Å². The van der Waals surface area contributed by atoms with Gasteiger partial charge in [-0.2, -0.15) is 0 Å². The summed E-state index contributed by atoms with van der Waals surface area (Å²) >= 11 is 1.72. The highest BCUT2D eigenvalue weighted by molar-refractivity contribution is 7.11. The fourth-order valence-electron chi connectivity index (χ4n) is 1.90. The smallest absolute Gasteiger partial charge is 0.165 e. The minimum absolute atomic E-state index is 0.110. The van der Waals surface area contributed by atoms with Gasteiger partial charge in [0.2, 0.25) is 0 Å². The number of nitrogens with zero attached hydrogens (tertiary/aromatic N) is 1. The minimum atomic E-state index is -0.337. The highest BCUT2D eigenvalue weighted by Crippen LogP contribution is 2.23. The molecule has 1 aromatic heterocycles. The van der Waals surface area contributed by atoms with Crippen molar-refractivity contribution in [3.8, 4) is 5.75 Å². The lowest BCUT2D eigenvalue weighted by molar-refractivity contribution is 0.385. The Morgan fingerprint density at radius 3 is 2.90 bits per heavy atom. The number of hydrogen-bond acceptors (Lipinski definition) is 4. The Labute approximate surface area is 122 Å². The van der Waals surface area contributed by atoms with Gasteiger partial charge in [-0.1, -0.05) is 13.0 Å². The summed E-state index contributed by atoms with van der Waals surface area (Å²) in [5.41, 5.74) is 0.996. The minimum Gasteiger partial charge on any atom is -0.494 e. The van der Waals surface area contributed by atoms with Crippen LogP contribution in [0.2, 0.25) is 0 Å². The molecule has 1 aromatic carbocycles. The van der Waals surface area contributed by atoms with Gasteiger partial charge in [-0.25, -0.2) is 9.37 Å². The Bertz CT molecular complexity index is 571. The van der Waals surface area contributed by atoms with Crippen LogP contribution in [0.5, 0.6) is 5.75 Å². The van der Waals surface area contributed by atoms with Crippen molar-refractivity contribution >= 4 is 11.3 Å². The molecule has 108 valence electrons. The molecule has 0 aliphatic rings. The summed E-state index contributed by atoms with van der Waals surface area (Å²) in [6.07, 6.45) is 2.94. The molecule has 1 N–H and O–H groups in total. The summed E-state index contributed by atoms with van der Waals surface area (Å²) in [6, 6.07) is 5.05. The Kier molecular flexibility index (Phi) is 5.09. The number of nitrogens with one attached hydrogen (secondary N) is 1. The van der Waals surface area contributed by atoms with Gasteiger partial charge < -0.3 is 10.1 Å². The third-order valence-electron chi connectivity index (χ3n) is 3.18. The van der Waals surface area contributed by atoms with Crippen molar-refractivity contribution in [2.24, 2.45) is 0 Å². The molecule has 20 heavy (non-hydrogen) atoms. The highest BCUT2D eigenvalue weighted by Gasteiger charge is 2.10. The van der Waals surface area contributed by atoms with E-state index in [2.05, 4.69) is 17.2 Å². The van der Waals surface area contributed by atoms with Crippen molar-refractivity contribution in [2.45, 2.75) is 32.9 Å². The van der Waals surface area contributed by atoms with Crippen molar-refractivity contribution in [1.29, 1.82) is 0 Å². The third-order valence-corrected chi connectivity index (χ3v) is 4.33. The van der Waals surface area contributed by atoms with Crippen LogP contribution in [0.15, 0.2) is 24.4 Å². The first-order valence-corrected chi connectivity index (χ1v) is 7.46. The van der Waals surface area contributed by atoms with E-state index >= 15 is 0 Å². The number of hydrogen-bond donors (Lipinski definition) is 1. The van der Waals surface area contributed by atoms with Crippen molar-refractivity contribution in [1.82, 2.24) is 10.3 Å². The van der Waals surface area contributed by atoms with Crippen molar-refractivity contribution in [2.75, 3.05) is 7.11 Å². The lowest BCUT2D eigenvalue weighted by atomic mass is 10.1. The van der Waals surface area contributed by atoms with E-state index in [9.17, 15) is 4.39 Å². The summed E-state index contributed by atoms with van der Waals surface area (Å²) in [7, 11) is 1.47. The van der Waals surface area contributed by atoms with Crippen LogP contribution in [-0.4, -0.2) is 12.1 Å². The average Bonchev–Trinajstić information content (AvgIpc) is 2.93. The Hall–Kier alpha value is -1.46. The van der Waals surface area contributed by atoms with Crippen LogP contribution in [0.3, 0.4) is 0 Å².